The molecule has 2 aromatic rings. The van der Waals surface area contributed by atoms with Crippen molar-refractivity contribution < 1.29 is 9.47 Å². The highest BCUT2D eigenvalue weighted by molar-refractivity contribution is 5.62. The summed E-state index contributed by atoms with van der Waals surface area (Å²) in [7, 11) is 1.70. The van der Waals surface area contributed by atoms with Gasteiger partial charge in [0.15, 0.2) is 0 Å². The molecule has 1 heterocycles. The van der Waals surface area contributed by atoms with Crippen LogP contribution < -0.4 is 10.1 Å². The van der Waals surface area contributed by atoms with E-state index in [0.717, 1.165) is 17.4 Å². The summed E-state index contributed by atoms with van der Waals surface area (Å²) in [6, 6.07) is 8.06. The van der Waals surface area contributed by atoms with Crippen LogP contribution in [0.3, 0.4) is 0 Å². The Bertz CT molecular complexity index is 539. The molecule has 1 aromatic carbocycles. The van der Waals surface area contributed by atoms with E-state index < -0.39 is 0 Å². The molecule has 0 bridgehead atoms. The number of hydrogen-bond acceptors (Lipinski definition) is 4. The van der Waals surface area contributed by atoms with Crippen molar-refractivity contribution in [3.8, 4) is 5.75 Å². The second kappa shape index (κ2) is 6.96. The second-order valence-corrected chi connectivity index (χ2v) is 4.52. The Morgan fingerprint density at radius 1 is 1.35 bits per heavy atom. The lowest BCUT2D eigenvalue weighted by Gasteiger charge is -2.17. The molecule has 1 unspecified atom stereocenters. The van der Waals surface area contributed by atoms with Crippen molar-refractivity contribution in [3.63, 3.8) is 0 Å². The van der Waals surface area contributed by atoms with Crippen LogP contribution in [0.5, 0.6) is 5.75 Å². The molecule has 0 aliphatic carbocycles. The van der Waals surface area contributed by atoms with Gasteiger partial charge in [0.05, 0.1) is 24.9 Å². The van der Waals surface area contributed by atoms with E-state index in [1.165, 1.54) is 0 Å². The molecule has 108 valence electrons. The number of aromatic nitrogens is 2. The lowest BCUT2D eigenvalue weighted by Crippen LogP contribution is -2.13. The van der Waals surface area contributed by atoms with Crippen LogP contribution in [0.25, 0.3) is 0 Å². The first-order valence-corrected chi connectivity index (χ1v) is 6.76. The summed E-state index contributed by atoms with van der Waals surface area (Å²) in [5.74, 6) is 1.60. The molecule has 2 rings (SSSR count). The average Bonchev–Trinajstić information content (AvgIpc) is 2.90. The van der Waals surface area contributed by atoms with Crippen molar-refractivity contribution in [3.05, 3.63) is 36.7 Å². The third kappa shape index (κ3) is 3.30. The summed E-state index contributed by atoms with van der Waals surface area (Å²) < 4.78 is 12.9. The Labute approximate surface area is 119 Å². The highest BCUT2D eigenvalue weighted by Gasteiger charge is 2.11. The van der Waals surface area contributed by atoms with E-state index in [1.807, 2.05) is 42.0 Å². The summed E-state index contributed by atoms with van der Waals surface area (Å²) in [4.78, 5) is 4.36. The number of nitrogens with zero attached hydrogens (tertiary/aromatic N) is 2. The van der Waals surface area contributed by atoms with Crippen LogP contribution in [0.1, 0.15) is 19.9 Å². The topological polar surface area (TPSA) is 48.3 Å². The molecular weight excluding hydrogens is 254 g/mol. The van der Waals surface area contributed by atoms with Gasteiger partial charge in [-0.1, -0.05) is 12.1 Å². The Hall–Kier alpha value is -2.01. The summed E-state index contributed by atoms with van der Waals surface area (Å²) in [5.41, 5.74) is 0.909. The van der Waals surface area contributed by atoms with E-state index >= 15 is 0 Å². The number of para-hydroxylation sites is 2. The minimum Gasteiger partial charge on any atom is -0.492 e. The van der Waals surface area contributed by atoms with Gasteiger partial charge in [-0.3, -0.25) is 0 Å². The lowest BCUT2D eigenvalue weighted by molar-refractivity contribution is 0.163. The molecule has 0 aliphatic rings. The monoisotopic (exact) mass is 275 g/mol. The van der Waals surface area contributed by atoms with Gasteiger partial charge in [0, 0.05) is 19.5 Å². The fourth-order valence-corrected chi connectivity index (χ4v) is 2.06. The van der Waals surface area contributed by atoms with Crippen molar-refractivity contribution in [1.29, 1.82) is 0 Å². The van der Waals surface area contributed by atoms with Crippen LogP contribution >= 0.6 is 0 Å². The zero-order chi connectivity index (χ0) is 14.4. The van der Waals surface area contributed by atoms with Crippen LogP contribution in [-0.4, -0.2) is 29.9 Å². The van der Waals surface area contributed by atoms with Crippen LogP contribution in [0.15, 0.2) is 36.7 Å². The molecule has 20 heavy (non-hydrogen) atoms. The fourth-order valence-electron chi connectivity index (χ4n) is 2.06. The van der Waals surface area contributed by atoms with Gasteiger partial charge >= 0.3 is 0 Å². The van der Waals surface area contributed by atoms with Crippen molar-refractivity contribution in [2.45, 2.75) is 19.9 Å². The number of anilines is 2. The number of benzene rings is 1. The molecule has 0 aliphatic heterocycles. The van der Waals surface area contributed by atoms with Gasteiger partial charge in [-0.05, 0) is 26.0 Å². The number of hydrogen-bond donors (Lipinski definition) is 1. The number of ether oxygens (including phenoxy) is 2. The summed E-state index contributed by atoms with van der Waals surface area (Å²) >= 11 is 0. The van der Waals surface area contributed by atoms with Crippen molar-refractivity contribution in [2.24, 2.45) is 0 Å². The molecule has 0 saturated heterocycles. The first kappa shape index (κ1) is 14.4. The third-order valence-corrected chi connectivity index (χ3v) is 2.98. The lowest BCUT2D eigenvalue weighted by atomic mass is 10.3. The van der Waals surface area contributed by atoms with E-state index in [0.29, 0.717) is 13.2 Å². The van der Waals surface area contributed by atoms with Gasteiger partial charge in [0.1, 0.15) is 5.75 Å². The predicted molar refractivity (Wildman–Crippen MR) is 79.7 cm³/mol. The van der Waals surface area contributed by atoms with Crippen LogP contribution in [0.4, 0.5) is 11.6 Å². The molecular formula is C15H21N3O2. The zero-order valence-corrected chi connectivity index (χ0v) is 12.2. The van der Waals surface area contributed by atoms with E-state index in [9.17, 15) is 0 Å². The quantitative estimate of drug-likeness (QED) is 0.842. The van der Waals surface area contributed by atoms with Gasteiger partial charge in [0.2, 0.25) is 5.95 Å². The molecule has 0 radical (unpaired) electrons. The first-order valence-electron chi connectivity index (χ1n) is 6.76. The molecule has 5 nitrogen and oxygen atoms in total. The molecule has 0 saturated carbocycles. The normalized spacial score (nSPS) is 12.2. The minimum atomic E-state index is 0.212. The van der Waals surface area contributed by atoms with Crippen molar-refractivity contribution >= 4 is 11.6 Å². The standard InChI is InChI=1S/C15H21N3O2/c1-4-20-14-8-6-5-7-13(14)17-15-16-9-10-18(15)12(2)11-19-3/h5-10,12H,4,11H2,1-3H3,(H,16,17). The molecule has 0 amide bonds. The SMILES string of the molecule is CCOc1ccccc1Nc1nccn1C(C)COC. The van der Waals surface area contributed by atoms with Gasteiger partial charge in [-0.25, -0.2) is 4.98 Å². The van der Waals surface area contributed by atoms with E-state index in [4.69, 9.17) is 9.47 Å². The maximum Gasteiger partial charge on any atom is 0.207 e. The Balaban J connectivity index is 2.20. The Morgan fingerprint density at radius 2 is 2.15 bits per heavy atom. The van der Waals surface area contributed by atoms with E-state index in [1.54, 1.807) is 13.3 Å². The molecule has 5 heteroatoms. The largest absolute Gasteiger partial charge is 0.492 e. The van der Waals surface area contributed by atoms with Crippen LogP contribution in [-0.2, 0) is 4.74 Å². The van der Waals surface area contributed by atoms with E-state index in [2.05, 4.69) is 17.2 Å². The number of imidazole rings is 1. The Morgan fingerprint density at radius 3 is 2.90 bits per heavy atom. The van der Waals surface area contributed by atoms with E-state index in [-0.39, 0.29) is 6.04 Å². The number of rotatable bonds is 7. The van der Waals surface area contributed by atoms with Crippen molar-refractivity contribution in [1.82, 2.24) is 9.55 Å². The summed E-state index contributed by atoms with van der Waals surface area (Å²) in [5, 5.41) is 3.32. The molecule has 1 atom stereocenters. The maximum atomic E-state index is 5.61. The number of methoxy groups -OCH3 is 1. The molecule has 0 fully saturated rings. The predicted octanol–water partition coefficient (Wildman–Crippen LogP) is 3.23. The summed E-state index contributed by atoms with van der Waals surface area (Å²) in [6.07, 6.45) is 3.72. The van der Waals surface area contributed by atoms with Gasteiger partial charge in [-0.2, -0.15) is 0 Å². The molecule has 1 aromatic heterocycles. The second-order valence-electron chi connectivity index (χ2n) is 4.52. The highest BCUT2D eigenvalue weighted by Crippen LogP contribution is 2.27. The minimum absolute atomic E-state index is 0.212. The first-order chi connectivity index (χ1) is 9.76. The van der Waals surface area contributed by atoms with Crippen LogP contribution in [0.2, 0.25) is 0 Å². The fraction of sp³-hybridized carbons (Fsp3) is 0.400. The summed E-state index contributed by atoms with van der Waals surface area (Å²) in [6.45, 7) is 5.33. The van der Waals surface area contributed by atoms with Crippen molar-refractivity contribution in [2.75, 3.05) is 25.6 Å². The maximum absolute atomic E-state index is 5.61. The number of nitrogens with one attached hydrogen (secondary N) is 1. The van der Waals surface area contributed by atoms with Crippen LogP contribution in [0, 0.1) is 0 Å². The molecule has 1 N–H and O–H groups in total. The Kier molecular flexibility index (Phi) is 5.01. The van der Waals surface area contributed by atoms with Gasteiger partial charge in [-0.15, -0.1) is 0 Å². The third-order valence-electron chi connectivity index (χ3n) is 2.98. The van der Waals surface area contributed by atoms with Gasteiger partial charge in [0.25, 0.3) is 0 Å². The van der Waals surface area contributed by atoms with Gasteiger partial charge < -0.3 is 19.4 Å². The molecule has 0 spiro atoms. The average molecular weight is 275 g/mol. The smallest absolute Gasteiger partial charge is 0.207 e. The zero-order valence-electron chi connectivity index (χ0n) is 12.2. The highest BCUT2D eigenvalue weighted by atomic mass is 16.5.